The van der Waals surface area contributed by atoms with Crippen molar-refractivity contribution >= 4 is 11.9 Å². The molecule has 2 unspecified atom stereocenters. The lowest BCUT2D eigenvalue weighted by atomic mass is 9.90. The van der Waals surface area contributed by atoms with E-state index < -0.39 is 11.9 Å². The SMILES string of the molecule is Cc1nc(-c2ccccc2)ncc1C(=O)N1CC(C)CC(C(=O)O)C1. The van der Waals surface area contributed by atoms with E-state index in [1.165, 1.54) is 0 Å². The van der Waals surface area contributed by atoms with E-state index in [4.69, 9.17) is 0 Å². The van der Waals surface area contributed by atoms with Crippen LogP contribution in [0.2, 0.25) is 0 Å². The molecular weight excluding hydrogens is 318 g/mol. The van der Waals surface area contributed by atoms with Crippen molar-refractivity contribution in [2.45, 2.75) is 20.3 Å². The number of hydrogen-bond donors (Lipinski definition) is 1. The van der Waals surface area contributed by atoms with Crippen molar-refractivity contribution in [3.8, 4) is 11.4 Å². The van der Waals surface area contributed by atoms with Gasteiger partial charge in [-0.3, -0.25) is 9.59 Å². The number of piperidine rings is 1. The summed E-state index contributed by atoms with van der Waals surface area (Å²) in [4.78, 5) is 34.5. The lowest BCUT2D eigenvalue weighted by molar-refractivity contribution is -0.143. The third-order valence-electron chi connectivity index (χ3n) is 4.54. The first-order valence-corrected chi connectivity index (χ1v) is 8.37. The van der Waals surface area contributed by atoms with Crippen molar-refractivity contribution in [1.29, 1.82) is 0 Å². The van der Waals surface area contributed by atoms with Crippen LogP contribution in [0, 0.1) is 18.8 Å². The van der Waals surface area contributed by atoms with Gasteiger partial charge in [0.05, 0.1) is 17.2 Å². The van der Waals surface area contributed by atoms with Crippen LogP contribution in [-0.2, 0) is 4.79 Å². The maximum absolute atomic E-state index is 12.8. The number of aromatic nitrogens is 2. The standard InChI is InChI=1S/C19H21N3O3/c1-12-8-15(19(24)25)11-22(10-12)18(23)16-9-20-17(21-13(16)2)14-6-4-3-5-7-14/h3-7,9,12,15H,8,10-11H2,1-2H3,(H,24,25). The fourth-order valence-electron chi connectivity index (χ4n) is 3.27. The van der Waals surface area contributed by atoms with Crippen LogP contribution < -0.4 is 0 Å². The Labute approximate surface area is 146 Å². The van der Waals surface area contributed by atoms with Gasteiger partial charge in [-0.1, -0.05) is 37.3 Å². The number of carboxylic acid groups (broad SMARTS) is 1. The Bertz CT molecular complexity index is 792. The van der Waals surface area contributed by atoms with Gasteiger partial charge in [0, 0.05) is 24.8 Å². The molecule has 1 saturated heterocycles. The summed E-state index contributed by atoms with van der Waals surface area (Å²) in [5.41, 5.74) is 1.92. The van der Waals surface area contributed by atoms with Crippen LogP contribution in [0.25, 0.3) is 11.4 Å². The molecule has 25 heavy (non-hydrogen) atoms. The molecule has 6 nitrogen and oxygen atoms in total. The smallest absolute Gasteiger partial charge is 0.308 e. The number of nitrogens with zero attached hydrogens (tertiary/aromatic N) is 3. The molecule has 6 heteroatoms. The van der Waals surface area contributed by atoms with Gasteiger partial charge in [0.15, 0.2) is 5.82 Å². The number of amides is 1. The fraction of sp³-hybridized carbons (Fsp3) is 0.368. The lowest BCUT2D eigenvalue weighted by Gasteiger charge is -2.34. The van der Waals surface area contributed by atoms with E-state index in [0.717, 1.165) is 5.56 Å². The van der Waals surface area contributed by atoms with Gasteiger partial charge in [-0.2, -0.15) is 0 Å². The van der Waals surface area contributed by atoms with E-state index in [1.807, 2.05) is 37.3 Å². The number of carbonyl (C=O) groups is 2. The molecule has 0 saturated carbocycles. The van der Waals surface area contributed by atoms with Crippen molar-refractivity contribution in [3.63, 3.8) is 0 Å². The molecule has 2 heterocycles. The van der Waals surface area contributed by atoms with E-state index in [9.17, 15) is 14.7 Å². The molecular formula is C19H21N3O3. The highest BCUT2D eigenvalue weighted by molar-refractivity contribution is 5.95. The summed E-state index contributed by atoms with van der Waals surface area (Å²) in [6.45, 7) is 4.54. The maximum atomic E-state index is 12.8. The zero-order chi connectivity index (χ0) is 18.0. The van der Waals surface area contributed by atoms with Crippen LogP contribution in [0.4, 0.5) is 0 Å². The van der Waals surface area contributed by atoms with Crippen LogP contribution in [0.15, 0.2) is 36.5 Å². The van der Waals surface area contributed by atoms with Gasteiger partial charge in [0.1, 0.15) is 0 Å². The number of carboxylic acids is 1. The summed E-state index contributed by atoms with van der Waals surface area (Å²) in [6.07, 6.45) is 2.14. The average molecular weight is 339 g/mol. The van der Waals surface area contributed by atoms with Crippen molar-refractivity contribution in [2.24, 2.45) is 11.8 Å². The molecule has 1 aliphatic heterocycles. The van der Waals surface area contributed by atoms with Gasteiger partial charge in [0.25, 0.3) is 5.91 Å². The number of carbonyl (C=O) groups excluding carboxylic acids is 1. The summed E-state index contributed by atoms with van der Waals surface area (Å²) in [5.74, 6) is -0.835. The minimum absolute atomic E-state index is 0.156. The highest BCUT2D eigenvalue weighted by atomic mass is 16.4. The zero-order valence-corrected chi connectivity index (χ0v) is 14.3. The van der Waals surface area contributed by atoms with Crippen molar-refractivity contribution in [1.82, 2.24) is 14.9 Å². The Morgan fingerprint density at radius 2 is 1.92 bits per heavy atom. The van der Waals surface area contributed by atoms with Gasteiger partial charge >= 0.3 is 5.97 Å². The molecule has 1 aliphatic rings. The van der Waals surface area contributed by atoms with Crippen molar-refractivity contribution < 1.29 is 14.7 Å². The summed E-state index contributed by atoms with van der Waals surface area (Å²) >= 11 is 0. The molecule has 3 rings (SSSR count). The van der Waals surface area contributed by atoms with Crippen molar-refractivity contribution in [3.05, 3.63) is 47.8 Å². The monoisotopic (exact) mass is 339 g/mol. The highest BCUT2D eigenvalue weighted by Gasteiger charge is 2.33. The highest BCUT2D eigenvalue weighted by Crippen LogP contribution is 2.24. The first-order chi connectivity index (χ1) is 12.0. The van der Waals surface area contributed by atoms with Gasteiger partial charge in [0.2, 0.25) is 0 Å². The quantitative estimate of drug-likeness (QED) is 0.929. The topological polar surface area (TPSA) is 83.4 Å². The minimum atomic E-state index is -0.850. The van der Waals surface area contributed by atoms with Gasteiger partial charge in [-0.25, -0.2) is 9.97 Å². The van der Waals surface area contributed by atoms with Crippen molar-refractivity contribution in [2.75, 3.05) is 13.1 Å². The fourth-order valence-corrected chi connectivity index (χ4v) is 3.27. The van der Waals surface area contributed by atoms with Crippen LogP contribution in [-0.4, -0.2) is 44.9 Å². The van der Waals surface area contributed by atoms with E-state index >= 15 is 0 Å². The predicted molar refractivity (Wildman–Crippen MR) is 93.0 cm³/mol. The molecule has 2 atom stereocenters. The molecule has 0 bridgehead atoms. The lowest BCUT2D eigenvalue weighted by Crippen LogP contribution is -2.45. The third kappa shape index (κ3) is 3.68. The van der Waals surface area contributed by atoms with E-state index in [2.05, 4.69) is 9.97 Å². The predicted octanol–water partition coefficient (Wildman–Crippen LogP) is 2.63. The van der Waals surface area contributed by atoms with Gasteiger partial charge < -0.3 is 10.0 Å². The second-order valence-corrected chi connectivity index (χ2v) is 6.64. The number of benzene rings is 1. The normalized spacial score (nSPS) is 20.3. The number of aryl methyl sites for hydroxylation is 1. The number of rotatable bonds is 3. The molecule has 130 valence electrons. The van der Waals surface area contributed by atoms with Crippen LogP contribution in [0.1, 0.15) is 29.4 Å². The summed E-state index contributed by atoms with van der Waals surface area (Å²) in [7, 11) is 0. The maximum Gasteiger partial charge on any atom is 0.308 e. The molecule has 0 radical (unpaired) electrons. The second-order valence-electron chi connectivity index (χ2n) is 6.64. The summed E-state index contributed by atoms with van der Waals surface area (Å²) in [6, 6.07) is 9.58. The first-order valence-electron chi connectivity index (χ1n) is 8.37. The molecule has 1 aromatic heterocycles. The largest absolute Gasteiger partial charge is 0.481 e. The second kappa shape index (κ2) is 7.01. The van der Waals surface area contributed by atoms with Crippen LogP contribution in [0.3, 0.4) is 0 Å². The molecule has 0 spiro atoms. The van der Waals surface area contributed by atoms with Crippen LogP contribution >= 0.6 is 0 Å². The van der Waals surface area contributed by atoms with E-state index in [-0.39, 0.29) is 18.4 Å². The molecule has 2 aromatic rings. The molecule has 1 fully saturated rings. The number of hydrogen-bond acceptors (Lipinski definition) is 4. The molecule has 1 aromatic carbocycles. The number of aliphatic carboxylic acids is 1. The minimum Gasteiger partial charge on any atom is -0.481 e. The Kier molecular flexibility index (Phi) is 4.79. The van der Waals surface area contributed by atoms with Gasteiger partial charge in [-0.05, 0) is 19.3 Å². The first kappa shape index (κ1) is 17.1. The molecule has 1 amide bonds. The Morgan fingerprint density at radius 1 is 1.20 bits per heavy atom. The summed E-state index contributed by atoms with van der Waals surface area (Å²) in [5, 5.41) is 9.28. The number of likely N-dealkylation sites (tertiary alicyclic amines) is 1. The Hall–Kier alpha value is -2.76. The van der Waals surface area contributed by atoms with Gasteiger partial charge in [-0.15, -0.1) is 0 Å². The van der Waals surface area contributed by atoms with E-state index in [1.54, 1.807) is 18.0 Å². The third-order valence-corrected chi connectivity index (χ3v) is 4.54. The van der Waals surface area contributed by atoms with E-state index in [0.29, 0.717) is 30.0 Å². The Morgan fingerprint density at radius 3 is 2.56 bits per heavy atom. The summed E-state index contributed by atoms with van der Waals surface area (Å²) < 4.78 is 0. The van der Waals surface area contributed by atoms with Crippen LogP contribution in [0.5, 0.6) is 0 Å². The molecule has 0 aliphatic carbocycles. The zero-order valence-electron chi connectivity index (χ0n) is 14.3. The molecule has 1 N–H and O–H groups in total. The Balaban J connectivity index is 1.84. The average Bonchev–Trinajstić information content (AvgIpc) is 2.61.